The summed E-state index contributed by atoms with van der Waals surface area (Å²) in [6.07, 6.45) is -1.33. The van der Waals surface area contributed by atoms with E-state index in [0.29, 0.717) is 11.5 Å². The molecule has 0 bridgehead atoms. The lowest BCUT2D eigenvalue weighted by atomic mass is 9.96. The minimum absolute atomic E-state index is 0.131. The van der Waals surface area contributed by atoms with Gasteiger partial charge in [0.15, 0.2) is 0 Å². The number of esters is 1. The Labute approximate surface area is 194 Å². The molecule has 0 aliphatic carbocycles. The van der Waals surface area contributed by atoms with Gasteiger partial charge in [-0.15, -0.1) is 0 Å². The Balaban J connectivity index is 1.93. The fraction of sp³-hybridized carbons (Fsp3) is 0.400. The number of ether oxygens (including phenoxy) is 3. The average molecular weight is 455 g/mol. The Kier molecular flexibility index (Phi) is 7.58. The zero-order chi connectivity index (χ0) is 24.1. The summed E-state index contributed by atoms with van der Waals surface area (Å²) in [5.41, 5.74) is 1.63. The van der Waals surface area contributed by atoms with E-state index >= 15 is 0 Å². The summed E-state index contributed by atoms with van der Waals surface area (Å²) >= 11 is 0. The molecule has 0 saturated carbocycles. The van der Waals surface area contributed by atoms with Gasteiger partial charge in [0.05, 0.1) is 14.2 Å². The molecule has 0 aromatic heterocycles. The Morgan fingerprint density at radius 2 is 1.27 bits per heavy atom. The second kappa shape index (κ2) is 10.4. The van der Waals surface area contributed by atoms with E-state index in [1.54, 1.807) is 38.5 Å². The number of amides is 2. The highest BCUT2D eigenvalue weighted by atomic mass is 16.6. The van der Waals surface area contributed by atoms with Crippen molar-refractivity contribution >= 4 is 17.8 Å². The number of methoxy groups -OCH3 is 2. The van der Waals surface area contributed by atoms with Crippen molar-refractivity contribution in [3.63, 3.8) is 0 Å². The van der Waals surface area contributed by atoms with Crippen LogP contribution < -0.4 is 9.47 Å². The van der Waals surface area contributed by atoms with Gasteiger partial charge in [0, 0.05) is 20.0 Å². The molecule has 1 aliphatic heterocycles. The highest BCUT2D eigenvalue weighted by molar-refractivity contribution is 5.97. The smallest absolute Gasteiger partial charge is 0.304 e. The van der Waals surface area contributed by atoms with Crippen LogP contribution in [0.3, 0.4) is 0 Å². The van der Waals surface area contributed by atoms with E-state index in [4.69, 9.17) is 14.2 Å². The lowest BCUT2D eigenvalue weighted by molar-refractivity contribution is -0.191. The van der Waals surface area contributed by atoms with Crippen LogP contribution >= 0.6 is 0 Å². The number of hydrogen-bond acceptors (Lipinski definition) is 6. The van der Waals surface area contributed by atoms with Crippen molar-refractivity contribution in [1.29, 1.82) is 0 Å². The quantitative estimate of drug-likeness (QED) is 0.570. The van der Waals surface area contributed by atoms with Gasteiger partial charge >= 0.3 is 5.97 Å². The molecule has 0 radical (unpaired) electrons. The third-order valence-corrected chi connectivity index (χ3v) is 5.58. The second-order valence-corrected chi connectivity index (χ2v) is 8.28. The van der Waals surface area contributed by atoms with E-state index < -0.39 is 24.1 Å². The summed E-state index contributed by atoms with van der Waals surface area (Å²) < 4.78 is 15.7. The molecule has 1 heterocycles. The van der Waals surface area contributed by atoms with Crippen LogP contribution in [0.4, 0.5) is 0 Å². The van der Waals surface area contributed by atoms with Gasteiger partial charge in [-0.2, -0.15) is 0 Å². The van der Waals surface area contributed by atoms with Crippen molar-refractivity contribution in [2.75, 3.05) is 14.2 Å². The number of carbonyl (C=O) groups is 3. The minimum Gasteiger partial charge on any atom is -0.497 e. The molecule has 0 spiro atoms. The molecule has 8 nitrogen and oxygen atoms in total. The molecule has 33 heavy (non-hydrogen) atoms. The summed E-state index contributed by atoms with van der Waals surface area (Å²) in [6, 6.07) is 13.8. The number of hydrogen-bond donors (Lipinski definition) is 0. The lowest BCUT2D eigenvalue weighted by Crippen LogP contribution is -2.66. The number of carbonyl (C=O) groups excluding carboxylic acids is 3. The van der Waals surface area contributed by atoms with Crippen LogP contribution in [0.5, 0.6) is 11.5 Å². The highest BCUT2D eigenvalue weighted by Crippen LogP contribution is 2.28. The first kappa shape index (κ1) is 24.1. The molecule has 8 heteroatoms. The molecule has 1 aliphatic rings. The minimum atomic E-state index is -1.33. The molecule has 2 aromatic rings. The molecule has 1 saturated heterocycles. The Morgan fingerprint density at radius 3 is 1.67 bits per heavy atom. The fourth-order valence-electron chi connectivity index (χ4n) is 3.94. The van der Waals surface area contributed by atoms with E-state index in [-0.39, 0.29) is 24.9 Å². The number of nitrogens with zero attached hydrogens (tertiary/aromatic N) is 2. The summed E-state index contributed by atoms with van der Waals surface area (Å²) in [6.45, 7) is 5.37. The summed E-state index contributed by atoms with van der Waals surface area (Å²) in [5.74, 6) is -0.0802. The number of benzene rings is 2. The van der Waals surface area contributed by atoms with Gasteiger partial charge in [0.1, 0.15) is 17.5 Å². The Bertz CT molecular complexity index is 987. The van der Waals surface area contributed by atoms with Gasteiger partial charge in [0.2, 0.25) is 5.91 Å². The van der Waals surface area contributed by atoms with Crippen molar-refractivity contribution < 1.29 is 28.6 Å². The Morgan fingerprint density at radius 1 is 0.818 bits per heavy atom. The Hall–Kier alpha value is -3.55. The van der Waals surface area contributed by atoms with Crippen LogP contribution in [0.25, 0.3) is 0 Å². The summed E-state index contributed by atoms with van der Waals surface area (Å²) in [4.78, 5) is 41.9. The predicted octanol–water partition coefficient (Wildman–Crippen LogP) is 2.99. The van der Waals surface area contributed by atoms with Gasteiger partial charge in [0.25, 0.3) is 12.1 Å². The first-order chi connectivity index (χ1) is 15.7. The highest BCUT2D eigenvalue weighted by Gasteiger charge is 2.48. The molecule has 2 aromatic carbocycles. The van der Waals surface area contributed by atoms with Crippen LogP contribution in [0.2, 0.25) is 0 Å². The topological polar surface area (TPSA) is 85.4 Å². The molecule has 0 unspecified atom stereocenters. The zero-order valence-corrected chi connectivity index (χ0v) is 19.6. The van der Waals surface area contributed by atoms with Crippen molar-refractivity contribution in [3.05, 3.63) is 59.7 Å². The van der Waals surface area contributed by atoms with E-state index in [9.17, 15) is 14.4 Å². The van der Waals surface area contributed by atoms with Crippen LogP contribution in [0, 0.1) is 5.92 Å². The normalized spacial score (nSPS) is 18.5. The van der Waals surface area contributed by atoms with E-state index in [2.05, 4.69) is 0 Å². The van der Waals surface area contributed by atoms with Crippen LogP contribution in [-0.2, 0) is 32.2 Å². The lowest BCUT2D eigenvalue weighted by Gasteiger charge is -2.45. The van der Waals surface area contributed by atoms with Crippen LogP contribution in [-0.4, -0.2) is 54.1 Å². The third kappa shape index (κ3) is 5.45. The molecule has 3 rings (SSSR count). The molecular formula is C25H30N2O6. The summed E-state index contributed by atoms with van der Waals surface area (Å²) in [5, 5.41) is 0. The number of rotatable bonds is 8. The monoisotopic (exact) mass is 454 g/mol. The third-order valence-electron chi connectivity index (χ3n) is 5.58. The van der Waals surface area contributed by atoms with Crippen molar-refractivity contribution in [2.45, 2.75) is 46.1 Å². The van der Waals surface area contributed by atoms with Crippen molar-refractivity contribution in [2.24, 2.45) is 5.92 Å². The maximum atomic E-state index is 13.6. The van der Waals surface area contributed by atoms with Crippen LogP contribution in [0.1, 0.15) is 31.9 Å². The molecule has 2 amide bonds. The fourth-order valence-corrected chi connectivity index (χ4v) is 3.94. The van der Waals surface area contributed by atoms with Gasteiger partial charge in [-0.1, -0.05) is 38.1 Å². The van der Waals surface area contributed by atoms with Crippen LogP contribution in [0.15, 0.2) is 48.5 Å². The molecule has 1 fully saturated rings. The molecule has 2 atom stereocenters. The first-order valence-electron chi connectivity index (χ1n) is 10.8. The van der Waals surface area contributed by atoms with E-state index in [0.717, 1.165) is 11.1 Å². The maximum absolute atomic E-state index is 13.6. The largest absolute Gasteiger partial charge is 0.497 e. The SMILES string of the molecule is COc1ccc(CN2C(=O)[C@H](C(C)C)N(Cc3ccc(OC)cc3)C(=O)[C@H]2OC(C)=O)cc1. The van der Waals surface area contributed by atoms with Gasteiger partial charge in [-0.25, -0.2) is 0 Å². The maximum Gasteiger partial charge on any atom is 0.304 e. The van der Waals surface area contributed by atoms with Gasteiger partial charge in [-0.3, -0.25) is 19.3 Å². The van der Waals surface area contributed by atoms with Gasteiger partial charge < -0.3 is 19.1 Å². The van der Waals surface area contributed by atoms with E-state index in [1.165, 1.54) is 16.7 Å². The molecule has 176 valence electrons. The summed E-state index contributed by atoms with van der Waals surface area (Å²) in [7, 11) is 3.15. The molecule has 0 N–H and O–H groups in total. The molecular weight excluding hydrogens is 424 g/mol. The number of piperazine rings is 1. The van der Waals surface area contributed by atoms with Crippen molar-refractivity contribution in [3.8, 4) is 11.5 Å². The predicted molar refractivity (Wildman–Crippen MR) is 121 cm³/mol. The van der Waals surface area contributed by atoms with Crippen molar-refractivity contribution in [1.82, 2.24) is 9.80 Å². The zero-order valence-electron chi connectivity index (χ0n) is 19.6. The van der Waals surface area contributed by atoms with E-state index in [1.807, 2.05) is 38.1 Å². The second-order valence-electron chi connectivity index (χ2n) is 8.28. The van der Waals surface area contributed by atoms with Gasteiger partial charge in [-0.05, 0) is 41.3 Å². The standard InChI is InChI=1S/C25H30N2O6/c1-16(2)22-23(29)27(15-19-8-12-21(32-5)13-9-19)25(33-17(3)28)24(30)26(22)14-18-6-10-20(31-4)11-7-18/h6-13,16,22,25H,14-15H2,1-5H3/t22-,25+/m0/s1. The first-order valence-corrected chi connectivity index (χ1v) is 10.8. The average Bonchev–Trinajstić information content (AvgIpc) is 2.80.